The summed E-state index contributed by atoms with van der Waals surface area (Å²) in [5, 5.41) is 3.43. The minimum absolute atomic E-state index is 0.521. The van der Waals surface area contributed by atoms with Crippen molar-refractivity contribution >= 4 is 0 Å². The van der Waals surface area contributed by atoms with Crippen LogP contribution in [-0.4, -0.2) is 33.4 Å². The zero-order valence-electron chi connectivity index (χ0n) is 11.0. The first-order chi connectivity index (χ1) is 8.26. The molecule has 0 saturated heterocycles. The van der Waals surface area contributed by atoms with Gasteiger partial charge in [-0.3, -0.25) is 0 Å². The van der Waals surface area contributed by atoms with Crippen molar-refractivity contribution < 1.29 is 9.47 Å². The van der Waals surface area contributed by atoms with Crippen LogP contribution < -0.4 is 10.1 Å². The first kappa shape index (κ1) is 14.0. The third-order valence-corrected chi connectivity index (χ3v) is 2.82. The Kier molecular flexibility index (Phi) is 6.67. The van der Waals surface area contributed by atoms with Crippen molar-refractivity contribution in [3.8, 4) is 5.75 Å². The van der Waals surface area contributed by atoms with Crippen LogP contribution in [0.25, 0.3) is 0 Å². The first-order valence-corrected chi connectivity index (χ1v) is 6.11. The first-order valence-electron chi connectivity index (χ1n) is 6.11. The Morgan fingerprint density at radius 2 is 1.88 bits per heavy atom. The van der Waals surface area contributed by atoms with Gasteiger partial charge in [0.15, 0.2) is 0 Å². The number of ether oxygens (including phenoxy) is 2. The Hall–Kier alpha value is -1.06. The van der Waals surface area contributed by atoms with Crippen molar-refractivity contribution in [3.63, 3.8) is 0 Å². The molecule has 3 heteroatoms. The minimum atomic E-state index is 0.521. The lowest BCUT2D eigenvalue weighted by Gasteiger charge is -2.13. The monoisotopic (exact) mass is 237 g/mol. The number of aryl methyl sites for hydroxylation is 1. The SMILES string of the molecule is COCCNC(C)CCc1ccc(OC)cc1. The van der Waals surface area contributed by atoms with Crippen LogP contribution in [0.1, 0.15) is 18.9 Å². The number of benzene rings is 1. The third-order valence-electron chi connectivity index (χ3n) is 2.82. The molecular formula is C14H23NO2. The smallest absolute Gasteiger partial charge is 0.118 e. The highest BCUT2D eigenvalue weighted by Gasteiger charge is 2.01. The van der Waals surface area contributed by atoms with Gasteiger partial charge in [-0.2, -0.15) is 0 Å². The lowest BCUT2D eigenvalue weighted by Crippen LogP contribution is -2.29. The normalized spacial score (nSPS) is 12.4. The van der Waals surface area contributed by atoms with E-state index in [2.05, 4.69) is 24.4 Å². The summed E-state index contributed by atoms with van der Waals surface area (Å²) in [4.78, 5) is 0. The standard InChI is InChI=1S/C14H23NO2/c1-12(15-10-11-16-2)4-5-13-6-8-14(17-3)9-7-13/h6-9,12,15H,4-5,10-11H2,1-3H3. The average molecular weight is 237 g/mol. The van der Waals surface area contributed by atoms with Crippen molar-refractivity contribution in [3.05, 3.63) is 29.8 Å². The predicted octanol–water partition coefficient (Wildman–Crippen LogP) is 2.25. The van der Waals surface area contributed by atoms with Crippen molar-refractivity contribution in [1.82, 2.24) is 5.32 Å². The van der Waals surface area contributed by atoms with Crippen LogP contribution in [0.15, 0.2) is 24.3 Å². The van der Waals surface area contributed by atoms with Crippen molar-refractivity contribution in [1.29, 1.82) is 0 Å². The van der Waals surface area contributed by atoms with Crippen molar-refractivity contribution in [2.24, 2.45) is 0 Å². The lowest BCUT2D eigenvalue weighted by molar-refractivity contribution is 0.196. The van der Waals surface area contributed by atoms with Crippen molar-refractivity contribution in [2.75, 3.05) is 27.4 Å². The van der Waals surface area contributed by atoms with Gasteiger partial charge in [0.1, 0.15) is 5.75 Å². The van der Waals surface area contributed by atoms with Crippen LogP contribution in [0.5, 0.6) is 5.75 Å². The van der Waals surface area contributed by atoms with E-state index < -0.39 is 0 Å². The molecule has 1 N–H and O–H groups in total. The van der Waals surface area contributed by atoms with Gasteiger partial charge in [-0.05, 0) is 37.5 Å². The molecule has 1 aromatic carbocycles. The van der Waals surface area contributed by atoms with E-state index in [1.54, 1.807) is 14.2 Å². The Bertz CT molecular complexity index is 298. The number of methoxy groups -OCH3 is 2. The summed E-state index contributed by atoms with van der Waals surface area (Å²) in [5.41, 5.74) is 1.35. The molecule has 96 valence electrons. The summed E-state index contributed by atoms with van der Waals surface area (Å²) in [7, 11) is 3.42. The molecule has 0 aliphatic rings. The molecule has 0 amide bonds. The molecule has 17 heavy (non-hydrogen) atoms. The van der Waals surface area contributed by atoms with E-state index in [4.69, 9.17) is 9.47 Å². The molecule has 0 radical (unpaired) electrons. The highest BCUT2D eigenvalue weighted by Crippen LogP contribution is 2.13. The van der Waals surface area contributed by atoms with Crippen LogP contribution >= 0.6 is 0 Å². The second kappa shape index (κ2) is 8.09. The summed E-state index contributed by atoms with van der Waals surface area (Å²) >= 11 is 0. The van der Waals surface area contributed by atoms with Gasteiger partial charge in [0.25, 0.3) is 0 Å². The molecular weight excluding hydrogens is 214 g/mol. The molecule has 0 heterocycles. The molecule has 3 nitrogen and oxygen atoms in total. The number of nitrogens with one attached hydrogen (secondary N) is 1. The minimum Gasteiger partial charge on any atom is -0.497 e. The van der Waals surface area contributed by atoms with E-state index in [-0.39, 0.29) is 0 Å². The molecule has 1 atom stereocenters. The Morgan fingerprint density at radius 1 is 1.18 bits per heavy atom. The zero-order valence-corrected chi connectivity index (χ0v) is 11.0. The van der Waals surface area contributed by atoms with Crippen LogP contribution in [0.4, 0.5) is 0 Å². The van der Waals surface area contributed by atoms with Gasteiger partial charge in [0.05, 0.1) is 13.7 Å². The number of rotatable bonds is 8. The maximum Gasteiger partial charge on any atom is 0.118 e. The average Bonchev–Trinajstić information content (AvgIpc) is 2.37. The van der Waals surface area contributed by atoms with Gasteiger partial charge in [0, 0.05) is 19.7 Å². The maximum atomic E-state index is 5.13. The van der Waals surface area contributed by atoms with E-state index in [0.717, 1.165) is 31.7 Å². The summed E-state index contributed by atoms with van der Waals surface area (Å²) in [5.74, 6) is 0.917. The van der Waals surface area contributed by atoms with E-state index in [1.807, 2.05) is 12.1 Å². The molecule has 0 spiro atoms. The molecule has 1 aromatic rings. The summed E-state index contributed by atoms with van der Waals surface area (Å²) < 4.78 is 10.1. The highest BCUT2D eigenvalue weighted by molar-refractivity contribution is 5.27. The highest BCUT2D eigenvalue weighted by atomic mass is 16.5. The van der Waals surface area contributed by atoms with Gasteiger partial charge in [-0.25, -0.2) is 0 Å². The number of hydrogen-bond donors (Lipinski definition) is 1. The summed E-state index contributed by atoms with van der Waals surface area (Å²) in [6.07, 6.45) is 2.22. The molecule has 0 aliphatic carbocycles. The van der Waals surface area contributed by atoms with E-state index in [0.29, 0.717) is 6.04 Å². The van der Waals surface area contributed by atoms with Gasteiger partial charge in [-0.15, -0.1) is 0 Å². The number of hydrogen-bond acceptors (Lipinski definition) is 3. The van der Waals surface area contributed by atoms with Crippen molar-refractivity contribution in [2.45, 2.75) is 25.8 Å². The largest absolute Gasteiger partial charge is 0.497 e. The second-order valence-corrected chi connectivity index (χ2v) is 4.23. The third kappa shape index (κ3) is 5.71. The van der Waals surface area contributed by atoms with E-state index in [9.17, 15) is 0 Å². The fraction of sp³-hybridized carbons (Fsp3) is 0.571. The molecule has 0 aromatic heterocycles. The fourth-order valence-electron chi connectivity index (χ4n) is 1.68. The van der Waals surface area contributed by atoms with E-state index >= 15 is 0 Å². The Morgan fingerprint density at radius 3 is 2.47 bits per heavy atom. The lowest BCUT2D eigenvalue weighted by atomic mass is 10.1. The topological polar surface area (TPSA) is 30.5 Å². The van der Waals surface area contributed by atoms with Gasteiger partial charge < -0.3 is 14.8 Å². The molecule has 0 aliphatic heterocycles. The molecule has 0 saturated carbocycles. The molecule has 1 unspecified atom stereocenters. The van der Waals surface area contributed by atoms with Crippen LogP contribution in [0.2, 0.25) is 0 Å². The second-order valence-electron chi connectivity index (χ2n) is 4.23. The quantitative estimate of drug-likeness (QED) is 0.703. The fourth-order valence-corrected chi connectivity index (χ4v) is 1.68. The van der Waals surface area contributed by atoms with Gasteiger partial charge in [-0.1, -0.05) is 12.1 Å². The summed E-state index contributed by atoms with van der Waals surface area (Å²) in [6, 6.07) is 8.80. The molecule has 1 rings (SSSR count). The van der Waals surface area contributed by atoms with Crippen LogP contribution in [0.3, 0.4) is 0 Å². The molecule has 0 bridgehead atoms. The Balaban J connectivity index is 2.24. The zero-order chi connectivity index (χ0) is 12.5. The maximum absolute atomic E-state index is 5.13. The van der Waals surface area contributed by atoms with Crippen LogP contribution in [-0.2, 0) is 11.2 Å². The molecule has 0 fully saturated rings. The predicted molar refractivity (Wildman–Crippen MR) is 70.7 cm³/mol. The van der Waals surface area contributed by atoms with Gasteiger partial charge in [0.2, 0.25) is 0 Å². The van der Waals surface area contributed by atoms with E-state index in [1.165, 1.54) is 5.56 Å². The summed E-state index contributed by atoms with van der Waals surface area (Å²) in [6.45, 7) is 3.90. The van der Waals surface area contributed by atoms with Crippen LogP contribution in [0, 0.1) is 0 Å². The Labute approximate surface area is 104 Å². The van der Waals surface area contributed by atoms with Gasteiger partial charge >= 0.3 is 0 Å².